The highest BCUT2D eigenvalue weighted by Crippen LogP contribution is 2.22. The van der Waals surface area contributed by atoms with E-state index in [9.17, 15) is 0 Å². The topological polar surface area (TPSA) is 43.4 Å². The van der Waals surface area contributed by atoms with Crippen molar-refractivity contribution in [2.24, 2.45) is 5.92 Å². The first-order chi connectivity index (χ1) is 8.90. The maximum absolute atomic E-state index is 5.68. The van der Waals surface area contributed by atoms with Crippen LogP contribution in [0.4, 0.5) is 5.82 Å². The molecule has 0 saturated carbocycles. The van der Waals surface area contributed by atoms with Crippen LogP contribution in [0.2, 0.25) is 0 Å². The number of nitrogens with zero attached hydrogens (tertiary/aromatic N) is 1. The van der Waals surface area contributed by atoms with Gasteiger partial charge in [-0.3, -0.25) is 0 Å². The van der Waals surface area contributed by atoms with Gasteiger partial charge in [-0.25, -0.2) is 4.98 Å². The van der Waals surface area contributed by atoms with Gasteiger partial charge in [0.15, 0.2) is 11.6 Å². The summed E-state index contributed by atoms with van der Waals surface area (Å²) >= 11 is 0. The predicted molar refractivity (Wildman–Crippen MR) is 72.1 cm³/mol. The molecule has 1 aromatic rings. The molecule has 2 rings (SSSR count). The summed E-state index contributed by atoms with van der Waals surface area (Å²) in [5.41, 5.74) is 0. The van der Waals surface area contributed by atoms with Gasteiger partial charge in [-0.1, -0.05) is 6.92 Å². The van der Waals surface area contributed by atoms with Crippen molar-refractivity contribution >= 4 is 5.82 Å². The molecule has 0 atom stereocenters. The van der Waals surface area contributed by atoms with Crippen molar-refractivity contribution < 1.29 is 9.47 Å². The lowest BCUT2D eigenvalue weighted by Crippen LogP contribution is -2.23. The van der Waals surface area contributed by atoms with E-state index >= 15 is 0 Å². The molecule has 0 aromatic carbocycles. The first-order valence-electron chi connectivity index (χ1n) is 6.79. The second kappa shape index (κ2) is 7.21. The van der Waals surface area contributed by atoms with Crippen molar-refractivity contribution in [3.05, 3.63) is 18.3 Å². The van der Waals surface area contributed by atoms with E-state index in [1.165, 1.54) is 0 Å². The van der Waals surface area contributed by atoms with Crippen LogP contribution in [0.5, 0.6) is 5.75 Å². The van der Waals surface area contributed by atoms with E-state index < -0.39 is 0 Å². The molecule has 1 aliphatic rings. The molecule has 100 valence electrons. The standard InChI is InChI=1S/C14H22N2O2/c1-2-8-18-13-4-3-7-15-14(13)16-11-12-5-9-17-10-6-12/h3-4,7,12H,2,5-6,8-11H2,1H3,(H,15,16). The van der Waals surface area contributed by atoms with Crippen LogP contribution in [0, 0.1) is 5.92 Å². The third-order valence-electron chi connectivity index (χ3n) is 3.13. The molecule has 0 radical (unpaired) electrons. The van der Waals surface area contributed by atoms with Crippen molar-refractivity contribution in [2.45, 2.75) is 26.2 Å². The van der Waals surface area contributed by atoms with Crippen molar-refractivity contribution in [1.29, 1.82) is 0 Å². The second-order valence-electron chi connectivity index (χ2n) is 4.64. The smallest absolute Gasteiger partial charge is 0.168 e. The van der Waals surface area contributed by atoms with Gasteiger partial charge >= 0.3 is 0 Å². The van der Waals surface area contributed by atoms with Crippen molar-refractivity contribution in [1.82, 2.24) is 4.98 Å². The Balaban J connectivity index is 1.87. The average Bonchev–Trinajstić information content (AvgIpc) is 2.45. The Morgan fingerprint density at radius 1 is 1.44 bits per heavy atom. The summed E-state index contributed by atoms with van der Waals surface area (Å²) in [7, 11) is 0. The second-order valence-corrected chi connectivity index (χ2v) is 4.64. The zero-order valence-corrected chi connectivity index (χ0v) is 11.0. The van der Waals surface area contributed by atoms with Gasteiger partial charge in [-0.05, 0) is 37.3 Å². The molecule has 0 amide bonds. The Hall–Kier alpha value is -1.29. The largest absolute Gasteiger partial charge is 0.490 e. The van der Waals surface area contributed by atoms with Gasteiger partial charge in [-0.2, -0.15) is 0 Å². The molecule has 18 heavy (non-hydrogen) atoms. The van der Waals surface area contributed by atoms with E-state index in [1.54, 1.807) is 6.20 Å². The summed E-state index contributed by atoms with van der Waals surface area (Å²) in [6.07, 6.45) is 5.06. The number of hydrogen-bond acceptors (Lipinski definition) is 4. The summed E-state index contributed by atoms with van der Waals surface area (Å²) in [6.45, 7) is 5.55. The number of hydrogen-bond donors (Lipinski definition) is 1. The zero-order chi connectivity index (χ0) is 12.6. The predicted octanol–water partition coefficient (Wildman–Crippen LogP) is 2.71. The lowest BCUT2D eigenvalue weighted by atomic mass is 10.0. The van der Waals surface area contributed by atoms with Gasteiger partial charge < -0.3 is 14.8 Å². The number of anilines is 1. The van der Waals surface area contributed by atoms with E-state index in [4.69, 9.17) is 9.47 Å². The first-order valence-corrected chi connectivity index (χ1v) is 6.79. The summed E-state index contributed by atoms with van der Waals surface area (Å²) in [6, 6.07) is 3.87. The number of nitrogens with one attached hydrogen (secondary N) is 1. The summed E-state index contributed by atoms with van der Waals surface area (Å²) < 4.78 is 11.0. The molecule has 1 fully saturated rings. The third-order valence-corrected chi connectivity index (χ3v) is 3.13. The minimum absolute atomic E-state index is 0.680. The lowest BCUT2D eigenvalue weighted by molar-refractivity contribution is 0.0699. The summed E-state index contributed by atoms with van der Waals surface area (Å²) in [5, 5.41) is 3.40. The van der Waals surface area contributed by atoms with Crippen LogP contribution in [0.15, 0.2) is 18.3 Å². The minimum Gasteiger partial charge on any atom is -0.490 e. The Kier molecular flexibility index (Phi) is 5.27. The van der Waals surface area contributed by atoms with Gasteiger partial charge in [0.2, 0.25) is 0 Å². The number of aromatic nitrogens is 1. The molecular formula is C14H22N2O2. The Morgan fingerprint density at radius 2 is 2.28 bits per heavy atom. The van der Waals surface area contributed by atoms with E-state index in [-0.39, 0.29) is 0 Å². The minimum atomic E-state index is 0.680. The van der Waals surface area contributed by atoms with E-state index in [2.05, 4.69) is 17.2 Å². The highest BCUT2D eigenvalue weighted by Gasteiger charge is 2.14. The van der Waals surface area contributed by atoms with Gasteiger partial charge in [0, 0.05) is 26.0 Å². The van der Waals surface area contributed by atoms with Gasteiger partial charge in [0.1, 0.15) is 0 Å². The summed E-state index contributed by atoms with van der Waals surface area (Å²) in [4.78, 5) is 4.35. The highest BCUT2D eigenvalue weighted by molar-refractivity contribution is 5.49. The Bertz CT molecular complexity index is 351. The monoisotopic (exact) mass is 250 g/mol. The fourth-order valence-corrected chi connectivity index (χ4v) is 2.04. The molecule has 0 aliphatic carbocycles. The molecule has 0 unspecified atom stereocenters. The highest BCUT2D eigenvalue weighted by atomic mass is 16.5. The molecule has 4 heteroatoms. The molecule has 1 aromatic heterocycles. The normalized spacial score (nSPS) is 16.5. The quantitative estimate of drug-likeness (QED) is 0.843. The van der Waals surface area contributed by atoms with Crippen LogP contribution in [-0.2, 0) is 4.74 Å². The first kappa shape index (κ1) is 13.1. The number of ether oxygens (including phenoxy) is 2. The van der Waals surface area contributed by atoms with Crippen molar-refractivity contribution in [3.63, 3.8) is 0 Å². The fourth-order valence-electron chi connectivity index (χ4n) is 2.04. The van der Waals surface area contributed by atoms with E-state index in [0.29, 0.717) is 5.92 Å². The Labute approximate surface area is 109 Å². The van der Waals surface area contributed by atoms with Gasteiger partial charge in [0.25, 0.3) is 0 Å². The molecule has 1 aliphatic heterocycles. The maximum Gasteiger partial charge on any atom is 0.168 e. The van der Waals surface area contributed by atoms with Gasteiger partial charge in [0.05, 0.1) is 6.61 Å². The van der Waals surface area contributed by atoms with Crippen molar-refractivity contribution in [2.75, 3.05) is 31.7 Å². The van der Waals surface area contributed by atoms with Crippen LogP contribution in [0.25, 0.3) is 0 Å². The molecule has 2 heterocycles. The number of rotatable bonds is 6. The van der Waals surface area contributed by atoms with Crippen LogP contribution >= 0.6 is 0 Å². The van der Waals surface area contributed by atoms with Crippen LogP contribution in [0.1, 0.15) is 26.2 Å². The molecule has 0 bridgehead atoms. The molecule has 1 saturated heterocycles. The van der Waals surface area contributed by atoms with E-state index in [1.807, 2.05) is 12.1 Å². The average molecular weight is 250 g/mol. The molecule has 1 N–H and O–H groups in total. The number of pyridine rings is 1. The van der Waals surface area contributed by atoms with Crippen LogP contribution in [-0.4, -0.2) is 31.3 Å². The SMILES string of the molecule is CCCOc1cccnc1NCC1CCOCC1. The zero-order valence-electron chi connectivity index (χ0n) is 11.0. The maximum atomic E-state index is 5.68. The van der Waals surface area contributed by atoms with Crippen molar-refractivity contribution in [3.8, 4) is 5.75 Å². The van der Waals surface area contributed by atoms with E-state index in [0.717, 1.165) is 57.2 Å². The van der Waals surface area contributed by atoms with Crippen LogP contribution in [0.3, 0.4) is 0 Å². The Morgan fingerprint density at radius 3 is 3.06 bits per heavy atom. The molecule has 0 spiro atoms. The molecule has 4 nitrogen and oxygen atoms in total. The van der Waals surface area contributed by atoms with Gasteiger partial charge in [-0.15, -0.1) is 0 Å². The van der Waals surface area contributed by atoms with Crippen LogP contribution < -0.4 is 10.1 Å². The third kappa shape index (κ3) is 3.88. The lowest BCUT2D eigenvalue weighted by Gasteiger charge is -2.22. The fraction of sp³-hybridized carbons (Fsp3) is 0.643. The summed E-state index contributed by atoms with van der Waals surface area (Å²) in [5.74, 6) is 2.39. The molecular weight excluding hydrogens is 228 g/mol.